The van der Waals surface area contributed by atoms with Gasteiger partial charge in [0.15, 0.2) is 17.9 Å². The lowest BCUT2D eigenvalue weighted by Gasteiger charge is -2.35. The molecule has 3 fully saturated rings. The average Bonchev–Trinajstić information content (AvgIpc) is 3.06. The molecule has 0 amide bonds. The van der Waals surface area contributed by atoms with Gasteiger partial charge in [-0.3, -0.25) is 0 Å². The highest BCUT2D eigenvalue weighted by atomic mass is 16.9. The Bertz CT molecular complexity index is 694. The van der Waals surface area contributed by atoms with Crippen molar-refractivity contribution in [2.24, 2.45) is 0 Å². The van der Waals surface area contributed by atoms with Crippen molar-refractivity contribution in [2.75, 3.05) is 0 Å². The molecule has 0 unspecified atom stereocenters. The van der Waals surface area contributed by atoms with Gasteiger partial charge in [0.05, 0.1) is 0 Å². The number of ether oxygens (including phenoxy) is 5. The maximum absolute atomic E-state index is 6.13. The van der Waals surface area contributed by atoms with Crippen molar-refractivity contribution in [1.29, 1.82) is 0 Å². The van der Waals surface area contributed by atoms with E-state index >= 15 is 0 Å². The third-order valence-corrected chi connectivity index (χ3v) is 4.69. The van der Waals surface area contributed by atoms with Gasteiger partial charge in [-0.05, 0) is 33.3 Å². The fourth-order valence-corrected chi connectivity index (χ4v) is 3.70. The van der Waals surface area contributed by atoms with Crippen molar-refractivity contribution < 1.29 is 23.7 Å². The molecular weight excluding hydrogens is 332 g/mol. The van der Waals surface area contributed by atoms with Crippen LogP contribution in [0.15, 0.2) is 48.6 Å². The summed E-state index contributed by atoms with van der Waals surface area (Å²) in [5.74, 6) is -1.36. The van der Waals surface area contributed by atoms with E-state index in [1.165, 1.54) is 0 Å². The van der Waals surface area contributed by atoms with Crippen molar-refractivity contribution in [3.8, 4) is 0 Å². The van der Waals surface area contributed by atoms with Crippen LogP contribution in [0, 0.1) is 0 Å². The van der Waals surface area contributed by atoms with Crippen LogP contribution in [0.3, 0.4) is 0 Å². The summed E-state index contributed by atoms with van der Waals surface area (Å²) in [6.45, 7) is 7.60. The fourth-order valence-electron chi connectivity index (χ4n) is 3.70. The van der Waals surface area contributed by atoms with Gasteiger partial charge in [-0.1, -0.05) is 54.6 Å². The largest absolute Gasteiger partial charge is 0.342 e. The Morgan fingerprint density at radius 1 is 0.769 bits per heavy atom. The quantitative estimate of drug-likeness (QED) is 0.772. The van der Waals surface area contributed by atoms with Crippen LogP contribution < -0.4 is 0 Å². The minimum absolute atomic E-state index is 0.224. The molecule has 3 aliphatic heterocycles. The normalized spacial score (nSPS) is 37.9. The van der Waals surface area contributed by atoms with Crippen molar-refractivity contribution in [1.82, 2.24) is 0 Å². The van der Waals surface area contributed by atoms with E-state index < -0.39 is 17.9 Å². The van der Waals surface area contributed by atoms with Crippen LogP contribution in [-0.2, 0) is 23.7 Å². The minimum atomic E-state index is -0.693. The fraction of sp³-hybridized carbons (Fsp3) is 0.524. The van der Waals surface area contributed by atoms with Crippen LogP contribution in [0.2, 0.25) is 0 Å². The van der Waals surface area contributed by atoms with Gasteiger partial charge in [-0.2, -0.15) is 0 Å². The number of hydrogen-bond donors (Lipinski definition) is 0. The smallest absolute Gasteiger partial charge is 0.190 e. The van der Waals surface area contributed by atoms with Crippen molar-refractivity contribution in [3.63, 3.8) is 0 Å². The Morgan fingerprint density at radius 3 is 2.19 bits per heavy atom. The van der Waals surface area contributed by atoms with E-state index in [0.29, 0.717) is 0 Å². The zero-order valence-electron chi connectivity index (χ0n) is 15.6. The second-order valence-corrected chi connectivity index (χ2v) is 7.79. The zero-order chi connectivity index (χ0) is 18.4. The first-order chi connectivity index (χ1) is 12.3. The predicted molar refractivity (Wildman–Crippen MR) is 97.1 cm³/mol. The number of benzene rings is 1. The van der Waals surface area contributed by atoms with Crippen molar-refractivity contribution >= 4 is 6.08 Å². The first-order valence-corrected chi connectivity index (χ1v) is 9.10. The Kier molecular flexibility index (Phi) is 4.53. The third-order valence-electron chi connectivity index (χ3n) is 4.69. The van der Waals surface area contributed by atoms with Crippen LogP contribution in [-0.4, -0.2) is 42.3 Å². The van der Waals surface area contributed by atoms with Crippen LogP contribution >= 0.6 is 0 Å². The molecule has 1 aromatic rings. The van der Waals surface area contributed by atoms with E-state index in [-0.39, 0.29) is 24.4 Å². The van der Waals surface area contributed by atoms with Gasteiger partial charge in [0.1, 0.15) is 24.4 Å². The Labute approximate surface area is 154 Å². The Hall–Kier alpha value is -1.50. The summed E-state index contributed by atoms with van der Waals surface area (Å²) < 4.78 is 30.2. The molecule has 5 atom stereocenters. The highest BCUT2D eigenvalue weighted by Crippen LogP contribution is 2.44. The van der Waals surface area contributed by atoms with Gasteiger partial charge in [0.2, 0.25) is 0 Å². The van der Waals surface area contributed by atoms with Gasteiger partial charge in [0.25, 0.3) is 0 Å². The molecule has 0 aromatic heterocycles. The van der Waals surface area contributed by atoms with E-state index in [4.69, 9.17) is 23.7 Å². The predicted octanol–water partition coefficient (Wildman–Crippen LogP) is 3.65. The molecule has 26 heavy (non-hydrogen) atoms. The minimum Gasteiger partial charge on any atom is -0.342 e. The molecule has 1 aromatic carbocycles. The maximum Gasteiger partial charge on any atom is 0.190 e. The summed E-state index contributed by atoms with van der Waals surface area (Å²) in [6, 6.07) is 10.2. The molecule has 3 saturated heterocycles. The van der Waals surface area contributed by atoms with Gasteiger partial charge in [-0.25, -0.2) is 0 Å². The molecule has 0 aliphatic carbocycles. The van der Waals surface area contributed by atoms with Gasteiger partial charge >= 0.3 is 0 Å². The summed E-state index contributed by atoms with van der Waals surface area (Å²) in [4.78, 5) is 0. The lowest BCUT2D eigenvalue weighted by Crippen LogP contribution is -2.54. The molecule has 5 nitrogen and oxygen atoms in total. The molecule has 0 N–H and O–H groups in total. The van der Waals surface area contributed by atoms with Crippen molar-refractivity contribution in [2.45, 2.75) is 70.0 Å². The highest BCUT2D eigenvalue weighted by molar-refractivity contribution is 5.50. The second-order valence-electron chi connectivity index (χ2n) is 7.79. The van der Waals surface area contributed by atoms with Crippen LogP contribution in [0.1, 0.15) is 33.3 Å². The molecule has 4 rings (SSSR count). The first-order valence-electron chi connectivity index (χ1n) is 9.10. The SMILES string of the molecule is CC1(C)O[C@H]2[C@@H](O1)[C@@H](/C=C/C=C/c1ccccc1)O[C@@H]1OC(C)(C)O[C@@H]12. The first kappa shape index (κ1) is 17.9. The second kappa shape index (κ2) is 6.59. The third kappa shape index (κ3) is 3.63. The Morgan fingerprint density at radius 2 is 1.42 bits per heavy atom. The Balaban J connectivity index is 1.50. The molecule has 0 bridgehead atoms. The van der Waals surface area contributed by atoms with Gasteiger partial charge in [-0.15, -0.1) is 0 Å². The molecule has 0 radical (unpaired) electrons. The van der Waals surface area contributed by atoms with E-state index in [9.17, 15) is 0 Å². The summed E-state index contributed by atoms with van der Waals surface area (Å²) in [6.07, 6.45) is 6.55. The van der Waals surface area contributed by atoms with E-state index in [1.54, 1.807) is 0 Å². The summed E-state index contributed by atoms with van der Waals surface area (Å²) in [7, 11) is 0. The van der Waals surface area contributed by atoms with E-state index in [1.807, 2.05) is 70.2 Å². The molecular formula is C21H26O5. The van der Waals surface area contributed by atoms with Crippen molar-refractivity contribution in [3.05, 3.63) is 54.1 Å². The number of hydrogen-bond acceptors (Lipinski definition) is 5. The lowest BCUT2D eigenvalue weighted by atomic mass is 9.98. The number of allylic oxidation sites excluding steroid dienone is 2. The molecule has 3 heterocycles. The molecule has 0 saturated carbocycles. The zero-order valence-corrected chi connectivity index (χ0v) is 15.6. The number of rotatable bonds is 3. The van der Waals surface area contributed by atoms with E-state index in [2.05, 4.69) is 12.1 Å². The van der Waals surface area contributed by atoms with Crippen LogP contribution in [0.5, 0.6) is 0 Å². The topological polar surface area (TPSA) is 46.2 Å². The summed E-state index contributed by atoms with van der Waals surface area (Å²) in [5.41, 5.74) is 1.15. The summed E-state index contributed by atoms with van der Waals surface area (Å²) >= 11 is 0. The summed E-state index contributed by atoms with van der Waals surface area (Å²) in [5, 5.41) is 0. The molecule has 3 aliphatic rings. The van der Waals surface area contributed by atoms with E-state index in [0.717, 1.165) is 5.56 Å². The lowest BCUT2D eigenvalue weighted by molar-refractivity contribution is -0.222. The molecule has 140 valence electrons. The molecule has 0 spiro atoms. The van der Waals surface area contributed by atoms with Crippen LogP contribution in [0.25, 0.3) is 6.08 Å². The number of fused-ring (bicyclic) bond motifs is 3. The highest BCUT2D eigenvalue weighted by Gasteiger charge is 2.60. The van der Waals surface area contributed by atoms with Crippen LogP contribution in [0.4, 0.5) is 0 Å². The van der Waals surface area contributed by atoms with Gasteiger partial charge in [0, 0.05) is 0 Å². The maximum atomic E-state index is 6.13. The monoisotopic (exact) mass is 358 g/mol. The van der Waals surface area contributed by atoms with Gasteiger partial charge < -0.3 is 23.7 Å². The standard InChI is InChI=1S/C21H26O5/c1-20(2)23-16-15(13-9-8-12-14-10-6-5-7-11-14)22-19-18(17(16)24-20)25-21(3,4)26-19/h5-13,15-19H,1-4H3/b12-8+,13-9+/t15-,16+,17+,18-,19-/m1/s1. The molecule has 5 heteroatoms. The average molecular weight is 358 g/mol.